The summed E-state index contributed by atoms with van der Waals surface area (Å²) in [7, 11) is 0. The van der Waals surface area contributed by atoms with Crippen LogP contribution in [0.5, 0.6) is 0 Å². The fourth-order valence-electron chi connectivity index (χ4n) is 1.85. The van der Waals surface area contributed by atoms with Crippen LogP contribution in [0.3, 0.4) is 0 Å². The second kappa shape index (κ2) is 10.2. The molecule has 0 unspecified atom stereocenters. The molecule has 20 heavy (non-hydrogen) atoms. The van der Waals surface area contributed by atoms with Gasteiger partial charge < -0.3 is 21.7 Å². The second-order valence-electron chi connectivity index (χ2n) is 4.47. The SMILES string of the molecule is C=Cc1ccc(C=C)c(NCCNCCNCCN)c1. The Morgan fingerprint density at radius 3 is 2.30 bits per heavy atom. The van der Waals surface area contributed by atoms with Gasteiger partial charge in [-0.3, -0.25) is 0 Å². The zero-order valence-corrected chi connectivity index (χ0v) is 12.1. The lowest BCUT2D eigenvalue weighted by Gasteiger charge is -2.11. The molecule has 0 atom stereocenters. The fourth-order valence-corrected chi connectivity index (χ4v) is 1.85. The Labute approximate surface area is 122 Å². The molecule has 0 radical (unpaired) electrons. The van der Waals surface area contributed by atoms with E-state index in [0.29, 0.717) is 6.54 Å². The van der Waals surface area contributed by atoms with Crippen LogP contribution in [-0.4, -0.2) is 39.3 Å². The van der Waals surface area contributed by atoms with E-state index in [1.165, 1.54) is 0 Å². The number of nitrogens with two attached hydrogens (primary N) is 1. The van der Waals surface area contributed by atoms with Gasteiger partial charge in [0.2, 0.25) is 0 Å². The molecule has 0 saturated heterocycles. The summed E-state index contributed by atoms with van der Waals surface area (Å²) in [6.07, 6.45) is 3.71. The van der Waals surface area contributed by atoms with E-state index in [2.05, 4.69) is 41.2 Å². The fraction of sp³-hybridized carbons (Fsp3) is 0.375. The molecule has 0 fully saturated rings. The highest BCUT2D eigenvalue weighted by molar-refractivity contribution is 5.69. The molecule has 0 aliphatic carbocycles. The molecule has 0 heterocycles. The summed E-state index contributed by atoms with van der Waals surface area (Å²) < 4.78 is 0. The Morgan fingerprint density at radius 2 is 1.65 bits per heavy atom. The van der Waals surface area contributed by atoms with Crippen LogP contribution in [0.25, 0.3) is 12.2 Å². The van der Waals surface area contributed by atoms with Crippen LogP contribution in [-0.2, 0) is 0 Å². The summed E-state index contributed by atoms with van der Waals surface area (Å²) in [6.45, 7) is 12.9. The normalized spacial score (nSPS) is 10.2. The molecule has 0 saturated carbocycles. The van der Waals surface area contributed by atoms with Crippen molar-refractivity contribution in [2.24, 2.45) is 5.73 Å². The summed E-state index contributed by atoms with van der Waals surface area (Å²) in [6, 6.07) is 6.18. The van der Waals surface area contributed by atoms with Crippen LogP contribution in [0.1, 0.15) is 11.1 Å². The maximum atomic E-state index is 5.40. The lowest BCUT2D eigenvalue weighted by Crippen LogP contribution is -2.32. The van der Waals surface area contributed by atoms with Crippen LogP contribution < -0.4 is 21.7 Å². The van der Waals surface area contributed by atoms with Gasteiger partial charge in [-0.05, 0) is 17.2 Å². The van der Waals surface area contributed by atoms with E-state index in [1.807, 2.05) is 18.2 Å². The lowest BCUT2D eigenvalue weighted by atomic mass is 10.1. The molecular weight excluding hydrogens is 248 g/mol. The second-order valence-corrected chi connectivity index (χ2v) is 4.47. The Kier molecular flexibility index (Phi) is 8.38. The number of hydrogen-bond donors (Lipinski definition) is 4. The number of rotatable bonds is 11. The number of hydrogen-bond acceptors (Lipinski definition) is 4. The Morgan fingerprint density at radius 1 is 0.950 bits per heavy atom. The molecule has 1 aromatic carbocycles. The van der Waals surface area contributed by atoms with Crippen LogP contribution in [0.2, 0.25) is 0 Å². The number of nitrogens with one attached hydrogen (secondary N) is 3. The molecule has 110 valence electrons. The summed E-state index contributed by atoms with van der Waals surface area (Å²) >= 11 is 0. The molecule has 1 aromatic rings. The van der Waals surface area contributed by atoms with E-state index < -0.39 is 0 Å². The lowest BCUT2D eigenvalue weighted by molar-refractivity contribution is 0.622. The Balaban J connectivity index is 2.27. The minimum atomic E-state index is 0.686. The third kappa shape index (κ3) is 6.02. The van der Waals surface area contributed by atoms with Crippen LogP contribution >= 0.6 is 0 Å². The molecule has 0 aliphatic rings. The van der Waals surface area contributed by atoms with Crippen molar-refractivity contribution in [3.05, 3.63) is 42.5 Å². The van der Waals surface area contributed by atoms with E-state index in [1.54, 1.807) is 0 Å². The zero-order chi connectivity index (χ0) is 14.6. The predicted octanol–water partition coefficient (Wildman–Crippen LogP) is 1.52. The van der Waals surface area contributed by atoms with Crippen molar-refractivity contribution in [2.75, 3.05) is 44.6 Å². The van der Waals surface area contributed by atoms with Crippen molar-refractivity contribution in [3.8, 4) is 0 Å². The standard InChI is InChI=1S/C16H26N4/c1-3-14-5-6-15(4-2)16(13-14)20-12-11-19-10-9-18-8-7-17/h3-6,13,18-20H,1-2,7-12,17H2. The summed E-state index contributed by atoms with van der Waals surface area (Å²) in [5.41, 5.74) is 8.72. The third-order valence-electron chi connectivity index (χ3n) is 2.95. The molecule has 0 aliphatic heterocycles. The monoisotopic (exact) mass is 274 g/mol. The van der Waals surface area contributed by atoms with Crippen LogP contribution in [0.4, 0.5) is 5.69 Å². The van der Waals surface area contributed by atoms with Crippen molar-refractivity contribution < 1.29 is 0 Å². The highest BCUT2D eigenvalue weighted by atomic mass is 15.0. The largest absolute Gasteiger partial charge is 0.383 e. The summed E-state index contributed by atoms with van der Waals surface area (Å²) in [4.78, 5) is 0. The first-order valence-corrected chi connectivity index (χ1v) is 7.06. The maximum Gasteiger partial charge on any atom is 0.0420 e. The summed E-state index contributed by atoms with van der Waals surface area (Å²) in [5.74, 6) is 0. The molecule has 0 aromatic heterocycles. The van der Waals surface area contributed by atoms with Gasteiger partial charge in [0.05, 0.1) is 0 Å². The minimum Gasteiger partial charge on any atom is -0.383 e. The van der Waals surface area contributed by atoms with Crippen molar-refractivity contribution in [3.63, 3.8) is 0 Å². The number of benzene rings is 1. The van der Waals surface area contributed by atoms with E-state index in [-0.39, 0.29) is 0 Å². The highest BCUT2D eigenvalue weighted by Gasteiger charge is 1.99. The van der Waals surface area contributed by atoms with Gasteiger partial charge in [0.25, 0.3) is 0 Å². The van der Waals surface area contributed by atoms with Gasteiger partial charge in [0.1, 0.15) is 0 Å². The first-order chi connectivity index (χ1) is 9.81. The van der Waals surface area contributed by atoms with Crippen molar-refractivity contribution in [1.82, 2.24) is 10.6 Å². The maximum absolute atomic E-state index is 5.40. The Bertz CT molecular complexity index is 415. The minimum absolute atomic E-state index is 0.686. The quantitative estimate of drug-likeness (QED) is 0.462. The topological polar surface area (TPSA) is 62.1 Å². The zero-order valence-electron chi connectivity index (χ0n) is 12.1. The van der Waals surface area contributed by atoms with Gasteiger partial charge in [0, 0.05) is 45.0 Å². The molecule has 0 amide bonds. The molecular formula is C16H26N4. The van der Waals surface area contributed by atoms with E-state index in [0.717, 1.165) is 49.5 Å². The number of anilines is 1. The summed E-state index contributed by atoms with van der Waals surface area (Å²) in [5, 5.41) is 10.0. The molecule has 0 bridgehead atoms. The molecule has 5 N–H and O–H groups in total. The molecule has 4 nitrogen and oxygen atoms in total. The highest BCUT2D eigenvalue weighted by Crippen LogP contribution is 2.19. The van der Waals surface area contributed by atoms with Gasteiger partial charge in [-0.1, -0.05) is 37.4 Å². The van der Waals surface area contributed by atoms with Crippen LogP contribution in [0.15, 0.2) is 31.4 Å². The molecule has 1 rings (SSSR count). The van der Waals surface area contributed by atoms with Gasteiger partial charge in [0.15, 0.2) is 0 Å². The Hall–Kier alpha value is -1.62. The van der Waals surface area contributed by atoms with E-state index >= 15 is 0 Å². The molecule has 4 heteroatoms. The average Bonchev–Trinajstić information content (AvgIpc) is 2.49. The molecule has 0 spiro atoms. The van der Waals surface area contributed by atoms with Gasteiger partial charge >= 0.3 is 0 Å². The van der Waals surface area contributed by atoms with Crippen molar-refractivity contribution in [2.45, 2.75) is 0 Å². The smallest absolute Gasteiger partial charge is 0.0420 e. The van der Waals surface area contributed by atoms with Crippen molar-refractivity contribution in [1.29, 1.82) is 0 Å². The van der Waals surface area contributed by atoms with E-state index in [4.69, 9.17) is 5.73 Å². The van der Waals surface area contributed by atoms with Crippen molar-refractivity contribution >= 4 is 17.8 Å². The van der Waals surface area contributed by atoms with E-state index in [9.17, 15) is 0 Å². The van der Waals surface area contributed by atoms with Gasteiger partial charge in [-0.15, -0.1) is 0 Å². The van der Waals surface area contributed by atoms with Gasteiger partial charge in [-0.25, -0.2) is 0 Å². The van der Waals surface area contributed by atoms with Crippen LogP contribution in [0, 0.1) is 0 Å². The first kappa shape index (κ1) is 16.4. The third-order valence-corrected chi connectivity index (χ3v) is 2.95. The first-order valence-electron chi connectivity index (χ1n) is 7.06. The van der Waals surface area contributed by atoms with Gasteiger partial charge in [-0.2, -0.15) is 0 Å². The predicted molar refractivity (Wildman–Crippen MR) is 89.9 cm³/mol. The average molecular weight is 274 g/mol.